The summed E-state index contributed by atoms with van der Waals surface area (Å²) in [4.78, 5) is 10.6. The molecule has 2 rings (SSSR count). The smallest absolute Gasteiger partial charge is 0.153 e. The molecule has 0 fully saturated rings. The van der Waals surface area contributed by atoms with Gasteiger partial charge < -0.3 is 5.11 Å². The second kappa shape index (κ2) is 4.04. The van der Waals surface area contributed by atoms with E-state index in [2.05, 4.69) is 0 Å². The van der Waals surface area contributed by atoms with Crippen molar-refractivity contribution in [2.75, 3.05) is 0 Å². The summed E-state index contributed by atoms with van der Waals surface area (Å²) in [6.45, 7) is 0. The van der Waals surface area contributed by atoms with Gasteiger partial charge in [-0.15, -0.1) is 11.3 Å². The lowest BCUT2D eigenvalue weighted by Gasteiger charge is -2.02. The number of halogens is 1. The molecule has 0 bridgehead atoms. The fourth-order valence-corrected chi connectivity index (χ4v) is 2.28. The number of thiophene rings is 1. The lowest BCUT2D eigenvalue weighted by molar-refractivity contribution is 0.112. The lowest BCUT2D eigenvalue weighted by atomic mass is 10.1. The quantitative estimate of drug-likeness (QED) is 0.812. The largest absolute Gasteiger partial charge is 0.507 e. The van der Waals surface area contributed by atoms with E-state index in [0.29, 0.717) is 10.6 Å². The first-order valence-electron chi connectivity index (χ1n) is 4.24. The molecule has 0 radical (unpaired) electrons. The van der Waals surface area contributed by atoms with Crippen LogP contribution in [0.3, 0.4) is 0 Å². The molecule has 0 spiro atoms. The first kappa shape index (κ1) is 10.2. The van der Waals surface area contributed by atoms with E-state index < -0.39 is 0 Å². The van der Waals surface area contributed by atoms with Crippen LogP contribution in [0, 0.1) is 0 Å². The van der Waals surface area contributed by atoms with Crippen LogP contribution < -0.4 is 0 Å². The van der Waals surface area contributed by atoms with Crippen LogP contribution in [0.25, 0.3) is 11.1 Å². The van der Waals surface area contributed by atoms with Gasteiger partial charge in [-0.25, -0.2) is 0 Å². The number of benzene rings is 1. The van der Waals surface area contributed by atoms with Crippen LogP contribution in [0.15, 0.2) is 29.6 Å². The normalized spacial score (nSPS) is 10.2. The highest BCUT2D eigenvalue weighted by atomic mass is 35.5. The summed E-state index contributed by atoms with van der Waals surface area (Å²) >= 11 is 7.41. The predicted molar refractivity (Wildman–Crippen MR) is 61.8 cm³/mol. The Kier molecular flexibility index (Phi) is 2.75. The molecular formula is C11H7ClO2S. The van der Waals surface area contributed by atoms with E-state index in [0.717, 1.165) is 11.1 Å². The van der Waals surface area contributed by atoms with E-state index >= 15 is 0 Å². The average Bonchev–Trinajstić information content (AvgIpc) is 2.65. The van der Waals surface area contributed by atoms with Crippen molar-refractivity contribution in [3.05, 3.63) is 39.5 Å². The van der Waals surface area contributed by atoms with Gasteiger partial charge in [0.2, 0.25) is 0 Å². The molecule has 1 aromatic carbocycles. The highest BCUT2D eigenvalue weighted by molar-refractivity contribution is 7.15. The number of phenolic OH excluding ortho intramolecular Hbond substituents is 1. The first-order chi connectivity index (χ1) is 7.22. The molecule has 0 saturated carbocycles. The topological polar surface area (TPSA) is 37.3 Å². The fourth-order valence-electron chi connectivity index (χ4n) is 1.32. The Labute approximate surface area is 95.8 Å². The average molecular weight is 239 g/mol. The molecule has 76 valence electrons. The number of aldehydes is 1. The van der Waals surface area contributed by atoms with Crippen LogP contribution in [-0.4, -0.2) is 11.4 Å². The van der Waals surface area contributed by atoms with Crippen molar-refractivity contribution >= 4 is 29.2 Å². The van der Waals surface area contributed by atoms with Gasteiger partial charge in [-0.05, 0) is 29.1 Å². The van der Waals surface area contributed by atoms with Crippen molar-refractivity contribution in [1.82, 2.24) is 0 Å². The zero-order valence-electron chi connectivity index (χ0n) is 7.61. The monoisotopic (exact) mass is 238 g/mol. The Balaban J connectivity index is 2.55. The molecule has 4 heteroatoms. The maximum Gasteiger partial charge on any atom is 0.153 e. The SMILES string of the molecule is O=Cc1cc(-c2ccsc2Cl)ccc1O. The van der Waals surface area contributed by atoms with E-state index in [1.807, 2.05) is 11.4 Å². The van der Waals surface area contributed by atoms with E-state index in [-0.39, 0.29) is 11.3 Å². The van der Waals surface area contributed by atoms with Gasteiger partial charge in [0, 0.05) is 5.56 Å². The number of aromatic hydroxyl groups is 1. The van der Waals surface area contributed by atoms with Crippen molar-refractivity contribution in [3.63, 3.8) is 0 Å². The maximum absolute atomic E-state index is 10.6. The van der Waals surface area contributed by atoms with Crippen molar-refractivity contribution < 1.29 is 9.90 Å². The van der Waals surface area contributed by atoms with E-state index in [4.69, 9.17) is 11.6 Å². The van der Waals surface area contributed by atoms with Crippen molar-refractivity contribution in [3.8, 4) is 16.9 Å². The molecule has 2 aromatic rings. The molecule has 1 aromatic heterocycles. The Morgan fingerprint density at radius 3 is 2.73 bits per heavy atom. The van der Waals surface area contributed by atoms with Gasteiger partial charge >= 0.3 is 0 Å². The molecule has 0 amide bonds. The zero-order chi connectivity index (χ0) is 10.8. The molecule has 15 heavy (non-hydrogen) atoms. The minimum Gasteiger partial charge on any atom is -0.507 e. The predicted octanol–water partition coefficient (Wildman–Crippen LogP) is 3.59. The summed E-state index contributed by atoms with van der Waals surface area (Å²) in [6, 6.07) is 6.73. The van der Waals surface area contributed by atoms with E-state index in [1.54, 1.807) is 12.1 Å². The highest BCUT2D eigenvalue weighted by Crippen LogP contribution is 2.34. The summed E-state index contributed by atoms with van der Waals surface area (Å²) in [5, 5.41) is 11.2. The number of hydrogen-bond acceptors (Lipinski definition) is 3. The third-order valence-electron chi connectivity index (χ3n) is 2.08. The Hall–Kier alpha value is -1.32. The van der Waals surface area contributed by atoms with Gasteiger partial charge in [-0.2, -0.15) is 0 Å². The number of carbonyl (C=O) groups is 1. The summed E-state index contributed by atoms with van der Waals surface area (Å²) in [5.74, 6) is -0.0138. The third kappa shape index (κ3) is 1.89. The van der Waals surface area contributed by atoms with Crippen LogP contribution in [0.1, 0.15) is 10.4 Å². The lowest BCUT2D eigenvalue weighted by Crippen LogP contribution is -1.83. The molecule has 2 nitrogen and oxygen atoms in total. The summed E-state index contributed by atoms with van der Waals surface area (Å²) in [5.41, 5.74) is 1.99. The van der Waals surface area contributed by atoms with Crippen molar-refractivity contribution in [2.24, 2.45) is 0 Å². The molecule has 1 N–H and O–H groups in total. The standard InChI is InChI=1S/C11H7ClO2S/c12-11-9(3-4-15-11)7-1-2-10(14)8(5-7)6-13/h1-6,14H. The van der Waals surface area contributed by atoms with E-state index in [9.17, 15) is 9.90 Å². The zero-order valence-corrected chi connectivity index (χ0v) is 9.18. The molecule has 0 saturated heterocycles. The van der Waals surface area contributed by atoms with Gasteiger partial charge in [-0.3, -0.25) is 4.79 Å². The van der Waals surface area contributed by atoms with Crippen molar-refractivity contribution in [1.29, 1.82) is 0 Å². The molecule has 1 heterocycles. The highest BCUT2D eigenvalue weighted by Gasteiger charge is 2.07. The van der Waals surface area contributed by atoms with Gasteiger partial charge in [0.1, 0.15) is 10.1 Å². The first-order valence-corrected chi connectivity index (χ1v) is 5.49. The van der Waals surface area contributed by atoms with E-state index in [1.165, 1.54) is 17.4 Å². The van der Waals surface area contributed by atoms with Crippen molar-refractivity contribution in [2.45, 2.75) is 0 Å². The molecule has 0 aliphatic carbocycles. The second-order valence-corrected chi connectivity index (χ2v) is 4.52. The molecule has 0 atom stereocenters. The maximum atomic E-state index is 10.6. The molecule has 0 aliphatic rings. The van der Waals surface area contributed by atoms with Gasteiger partial charge in [0.05, 0.1) is 5.56 Å². The van der Waals surface area contributed by atoms with Crippen LogP contribution in [0.4, 0.5) is 0 Å². The summed E-state index contributed by atoms with van der Waals surface area (Å²) in [7, 11) is 0. The molecule has 0 aliphatic heterocycles. The number of hydrogen-bond donors (Lipinski definition) is 1. The Morgan fingerprint density at radius 2 is 2.13 bits per heavy atom. The van der Waals surface area contributed by atoms with Gasteiger partial charge in [0.15, 0.2) is 6.29 Å². The summed E-state index contributed by atoms with van der Waals surface area (Å²) in [6.07, 6.45) is 0.624. The second-order valence-electron chi connectivity index (χ2n) is 3.00. The third-order valence-corrected chi connectivity index (χ3v) is 3.25. The minimum atomic E-state index is -0.0138. The Morgan fingerprint density at radius 1 is 1.33 bits per heavy atom. The number of phenols is 1. The molecular weight excluding hydrogens is 232 g/mol. The fraction of sp³-hybridized carbons (Fsp3) is 0. The Bertz CT molecular complexity index is 505. The van der Waals surface area contributed by atoms with Gasteiger partial charge in [-0.1, -0.05) is 17.7 Å². The van der Waals surface area contributed by atoms with Crippen LogP contribution in [0.5, 0.6) is 5.75 Å². The summed E-state index contributed by atoms with van der Waals surface area (Å²) < 4.78 is 0.678. The van der Waals surface area contributed by atoms with Crippen LogP contribution in [-0.2, 0) is 0 Å². The molecule has 0 unspecified atom stereocenters. The number of carbonyl (C=O) groups excluding carboxylic acids is 1. The van der Waals surface area contributed by atoms with Gasteiger partial charge in [0.25, 0.3) is 0 Å². The number of rotatable bonds is 2. The minimum absolute atomic E-state index is 0.0138. The van der Waals surface area contributed by atoms with Crippen LogP contribution in [0.2, 0.25) is 4.34 Å². The van der Waals surface area contributed by atoms with Crippen LogP contribution >= 0.6 is 22.9 Å².